The van der Waals surface area contributed by atoms with Gasteiger partial charge in [0.15, 0.2) is 6.17 Å². The summed E-state index contributed by atoms with van der Waals surface area (Å²) < 4.78 is 13.3. The molecule has 0 unspecified atom stereocenters. The summed E-state index contributed by atoms with van der Waals surface area (Å²) >= 11 is 0. The highest BCUT2D eigenvalue weighted by molar-refractivity contribution is 5.83. The van der Waals surface area contributed by atoms with Gasteiger partial charge in [-0.25, -0.2) is 4.39 Å². The van der Waals surface area contributed by atoms with Gasteiger partial charge in [0, 0.05) is 12.0 Å². The third-order valence-corrected chi connectivity index (χ3v) is 2.67. The molecule has 1 N–H and O–H groups in total. The van der Waals surface area contributed by atoms with Gasteiger partial charge in [-0.3, -0.25) is 4.79 Å². The third-order valence-electron chi connectivity index (χ3n) is 2.67. The van der Waals surface area contributed by atoms with Crippen molar-refractivity contribution in [1.82, 2.24) is 5.32 Å². The zero-order chi connectivity index (χ0) is 10.0. The molecule has 0 radical (unpaired) electrons. The molecule has 0 spiro atoms. The van der Waals surface area contributed by atoms with Crippen LogP contribution >= 0.6 is 0 Å². The monoisotopic (exact) mass is 187 g/mol. The van der Waals surface area contributed by atoms with Crippen molar-refractivity contribution >= 4 is 5.91 Å². The maximum Gasteiger partial charge on any atom is 0.255 e. The molecule has 3 atom stereocenters. The predicted molar refractivity (Wildman–Crippen MR) is 50.1 cm³/mol. The first-order chi connectivity index (χ1) is 6.06. The van der Waals surface area contributed by atoms with Gasteiger partial charge in [-0.15, -0.1) is 0 Å². The average Bonchev–Trinajstić information content (AvgIpc) is 2.27. The van der Waals surface area contributed by atoms with Gasteiger partial charge in [0.1, 0.15) is 0 Å². The van der Waals surface area contributed by atoms with Gasteiger partial charge < -0.3 is 5.32 Å². The van der Waals surface area contributed by atoms with E-state index in [1.807, 2.05) is 6.92 Å². The van der Waals surface area contributed by atoms with Gasteiger partial charge in [0.25, 0.3) is 5.91 Å². The Morgan fingerprint density at radius 2 is 2.15 bits per heavy atom. The molecule has 1 rings (SSSR count). The first-order valence-electron chi connectivity index (χ1n) is 5.00. The van der Waals surface area contributed by atoms with Crippen molar-refractivity contribution in [3.05, 3.63) is 0 Å². The summed E-state index contributed by atoms with van der Waals surface area (Å²) in [6.07, 6.45) is 0.329. The van der Waals surface area contributed by atoms with Crippen molar-refractivity contribution in [2.75, 3.05) is 0 Å². The smallest absolute Gasteiger partial charge is 0.255 e. The van der Waals surface area contributed by atoms with Crippen LogP contribution in [0.4, 0.5) is 4.39 Å². The molecule has 2 nitrogen and oxygen atoms in total. The minimum atomic E-state index is -1.28. The number of alkyl halides is 1. The highest BCUT2D eigenvalue weighted by Gasteiger charge is 2.41. The second-order valence-corrected chi connectivity index (χ2v) is 4.22. The van der Waals surface area contributed by atoms with Crippen LogP contribution in [-0.4, -0.2) is 18.1 Å². The van der Waals surface area contributed by atoms with Crippen LogP contribution in [0.5, 0.6) is 0 Å². The van der Waals surface area contributed by atoms with Crippen molar-refractivity contribution < 1.29 is 9.18 Å². The van der Waals surface area contributed by atoms with Crippen molar-refractivity contribution in [2.24, 2.45) is 11.8 Å². The Kier molecular flexibility index (Phi) is 3.28. The molecule has 1 aliphatic heterocycles. The summed E-state index contributed by atoms with van der Waals surface area (Å²) in [5.74, 6) is -0.0305. The number of carbonyl (C=O) groups excluding carboxylic acids is 1. The van der Waals surface area contributed by atoms with E-state index in [1.165, 1.54) is 0 Å². The second kappa shape index (κ2) is 4.07. The van der Waals surface area contributed by atoms with E-state index in [-0.39, 0.29) is 12.0 Å². The first kappa shape index (κ1) is 10.5. The predicted octanol–water partition coefficient (Wildman–Crippen LogP) is 1.90. The Bertz CT molecular complexity index is 193. The fourth-order valence-corrected chi connectivity index (χ4v) is 2.00. The maximum absolute atomic E-state index is 13.3. The lowest BCUT2D eigenvalue weighted by molar-refractivity contribution is -0.123. The molecule has 1 aliphatic rings. The normalized spacial score (nSPS) is 33.9. The summed E-state index contributed by atoms with van der Waals surface area (Å²) in [7, 11) is 0. The van der Waals surface area contributed by atoms with Gasteiger partial charge in [0.05, 0.1) is 0 Å². The molecule has 13 heavy (non-hydrogen) atoms. The van der Waals surface area contributed by atoms with Crippen molar-refractivity contribution in [3.8, 4) is 0 Å². The minimum Gasteiger partial charge on any atom is -0.350 e. The molecule has 3 heteroatoms. The average molecular weight is 187 g/mol. The van der Waals surface area contributed by atoms with Crippen molar-refractivity contribution in [3.63, 3.8) is 0 Å². The fraction of sp³-hybridized carbons (Fsp3) is 0.900. The van der Waals surface area contributed by atoms with Gasteiger partial charge in [-0.1, -0.05) is 20.8 Å². The summed E-state index contributed by atoms with van der Waals surface area (Å²) in [4.78, 5) is 11.0. The number of hydrogen-bond donors (Lipinski definition) is 1. The summed E-state index contributed by atoms with van der Waals surface area (Å²) in [5, 5.41) is 2.72. The molecule has 0 aliphatic carbocycles. The molecular weight excluding hydrogens is 169 g/mol. The molecule has 1 heterocycles. The van der Waals surface area contributed by atoms with E-state index in [0.29, 0.717) is 5.92 Å². The molecule has 0 bridgehead atoms. The molecule has 0 aromatic heterocycles. The zero-order valence-electron chi connectivity index (χ0n) is 8.51. The maximum atomic E-state index is 13.3. The van der Waals surface area contributed by atoms with Gasteiger partial charge in [0.2, 0.25) is 0 Å². The number of hydrogen-bond acceptors (Lipinski definition) is 1. The van der Waals surface area contributed by atoms with Crippen LogP contribution in [0.2, 0.25) is 0 Å². The van der Waals surface area contributed by atoms with E-state index in [4.69, 9.17) is 0 Å². The Labute approximate surface area is 78.9 Å². The molecule has 76 valence electrons. The van der Waals surface area contributed by atoms with Gasteiger partial charge >= 0.3 is 0 Å². The summed E-state index contributed by atoms with van der Waals surface area (Å²) in [6, 6.07) is 0.0486. The lowest BCUT2D eigenvalue weighted by atomic mass is 9.90. The number of halogens is 1. The van der Waals surface area contributed by atoms with E-state index in [2.05, 4.69) is 19.2 Å². The lowest BCUT2D eigenvalue weighted by Crippen LogP contribution is -2.30. The van der Waals surface area contributed by atoms with E-state index < -0.39 is 12.1 Å². The Hall–Kier alpha value is -0.600. The summed E-state index contributed by atoms with van der Waals surface area (Å²) in [5.41, 5.74) is 0. The Balaban J connectivity index is 2.59. The third kappa shape index (κ3) is 2.20. The van der Waals surface area contributed by atoms with Crippen LogP contribution in [-0.2, 0) is 4.79 Å². The lowest BCUT2D eigenvalue weighted by Gasteiger charge is -2.19. The topological polar surface area (TPSA) is 29.1 Å². The second-order valence-electron chi connectivity index (χ2n) is 4.22. The van der Waals surface area contributed by atoms with Crippen LogP contribution < -0.4 is 5.32 Å². The van der Waals surface area contributed by atoms with Crippen LogP contribution in [0, 0.1) is 11.8 Å². The molecule has 1 fully saturated rings. The van der Waals surface area contributed by atoms with Gasteiger partial charge in [-0.2, -0.15) is 0 Å². The van der Waals surface area contributed by atoms with Gasteiger partial charge in [-0.05, 0) is 18.8 Å². The highest BCUT2D eigenvalue weighted by atomic mass is 19.1. The van der Waals surface area contributed by atoms with Crippen LogP contribution in [0.25, 0.3) is 0 Å². The standard InChI is InChI=1S/C10H18FNO/c1-4-7-8(5-6(2)3)12-10(13)9(7)11/h6-9H,4-5H2,1-3H3,(H,12,13)/t7-,8+,9-/m0/s1. The van der Waals surface area contributed by atoms with Crippen LogP contribution in [0.1, 0.15) is 33.6 Å². The van der Waals surface area contributed by atoms with Crippen molar-refractivity contribution in [2.45, 2.75) is 45.8 Å². The minimum absolute atomic E-state index is 0.0486. The molecule has 1 amide bonds. The highest BCUT2D eigenvalue weighted by Crippen LogP contribution is 2.27. The first-order valence-corrected chi connectivity index (χ1v) is 5.00. The number of amides is 1. The Morgan fingerprint density at radius 1 is 1.54 bits per heavy atom. The number of rotatable bonds is 3. The van der Waals surface area contributed by atoms with E-state index in [1.54, 1.807) is 0 Å². The Morgan fingerprint density at radius 3 is 2.62 bits per heavy atom. The fourth-order valence-electron chi connectivity index (χ4n) is 2.00. The van der Waals surface area contributed by atoms with E-state index in [0.717, 1.165) is 12.8 Å². The van der Waals surface area contributed by atoms with Crippen LogP contribution in [0.15, 0.2) is 0 Å². The molecule has 0 aromatic carbocycles. The van der Waals surface area contributed by atoms with E-state index in [9.17, 15) is 9.18 Å². The molecule has 1 saturated heterocycles. The van der Waals surface area contributed by atoms with E-state index >= 15 is 0 Å². The zero-order valence-corrected chi connectivity index (χ0v) is 8.51. The number of nitrogens with one attached hydrogen (secondary N) is 1. The molecular formula is C10H18FNO. The largest absolute Gasteiger partial charge is 0.350 e. The molecule has 0 aromatic rings. The SMILES string of the molecule is CC[C@@H]1[C@H](F)C(=O)N[C@@H]1CC(C)C. The van der Waals surface area contributed by atoms with Crippen molar-refractivity contribution in [1.29, 1.82) is 0 Å². The number of carbonyl (C=O) groups is 1. The quantitative estimate of drug-likeness (QED) is 0.718. The summed E-state index contributed by atoms with van der Waals surface area (Å²) in [6.45, 7) is 6.11. The molecule has 0 saturated carbocycles. The van der Waals surface area contributed by atoms with Crippen LogP contribution in [0.3, 0.4) is 0 Å².